The Morgan fingerprint density at radius 2 is 1.74 bits per heavy atom. The number of amides is 1. The monoisotopic (exact) mass is 1000 g/mol. The highest BCUT2D eigenvalue weighted by Crippen LogP contribution is 2.68. The highest BCUT2D eigenvalue weighted by atomic mass is 79.9. The summed E-state index contributed by atoms with van der Waals surface area (Å²) in [5.74, 6) is -8.39. The van der Waals surface area contributed by atoms with Crippen LogP contribution < -0.4 is 19.9 Å². The molecule has 338 valence electrons. The van der Waals surface area contributed by atoms with Gasteiger partial charge in [0.2, 0.25) is 15.9 Å². The Labute approximate surface area is 378 Å². The fraction of sp³-hybridized carbons (Fsp3) is 0.279. The van der Waals surface area contributed by atoms with Gasteiger partial charge in [0.1, 0.15) is 41.1 Å². The van der Waals surface area contributed by atoms with Gasteiger partial charge in [0.15, 0.2) is 5.82 Å². The van der Waals surface area contributed by atoms with Crippen LogP contribution in [0, 0.1) is 17.6 Å². The lowest BCUT2D eigenvalue weighted by Gasteiger charge is -2.24. The maximum Gasteiger partial charge on any atom is 0.293 e. The number of hydrogen-bond donors (Lipinski definition) is 1. The molecule has 0 bridgehead atoms. The zero-order valence-electron chi connectivity index (χ0n) is 34.2. The minimum absolute atomic E-state index is 0.00373. The van der Waals surface area contributed by atoms with Crippen LogP contribution in [-0.4, -0.2) is 56.8 Å². The molecule has 3 atom stereocenters. The molecule has 22 heteroatoms. The van der Waals surface area contributed by atoms with Crippen molar-refractivity contribution >= 4 is 71.1 Å². The predicted molar refractivity (Wildman–Crippen MR) is 231 cm³/mol. The Hall–Kier alpha value is -5.93. The van der Waals surface area contributed by atoms with E-state index >= 15 is 8.78 Å². The smallest absolute Gasteiger partial charge is 0.293 e. The van der Waals surface area contributed by atoms with Crippen molar-refractivity contribution in [2.75, 3.05) is 17.7 Å². The number of aromatic nitrogens is 6. The number of hydrogen-bond acceptors (Lipinski definition) is 8. The maximum absolute atomic E-state index is 15.5. The van der Waals surface area contributed by atoms with E-state index in [1.165, 1.54) is 43.1 Å². The quantitative estimate of drug-likeness (QED) is 0.114. The zero-order valence-corrected chi connectivity index (χ0v) is 37.3. The Kier molecular flexibility index (Phi) is 11.0. The van der Waals surface area contributed by atoms with Crippen molar-refractivity contribution in [3.05, 3.63) is 138 Å². The summed E-state index contributed by atoms with van der Waals surface area (Å²) in [5.41, 5.74) is -1.87. The fourth-order valence-corrected chi connectivity index (χ4v) is 10.1. The number of carbonyl (C=O) groups excluding carboxylic acids is 1. The Bertz CT molecular complexity index is 3250. The third-order valence-electron chi connectivity index (χ3n) is 11.6. The van der Waals surface area contributed by atoms with Gasteiger partial charge in [-0.25, -0.2) is 35.3 Å². The van der Waals surface area contributed by atoms with Crippen LogP contribution in [0.3, 0.4) is 0 Å². The second kappa shape index (κ2) is 16.2. The minimum atomic E-state index is -4.09. The lowest BCUT2D eigenvalue weighted by atomic mass is 10.0. The van der Waals surface area contributed by atoms with E-state index in [0.717, 1.165) is 27.3 Å². The average molecular weight is 1000 g/mol. The highest BCUT2D eigenvalue weighted by Gasteiger charge is 2.67. The van der Waals surface area contributed by atoms with Gasteiger partial charge in [-0.1, -0.05) is 39.7 Å². The van der Waals surface area contributed by atoms with Crippen LogP contribution in [0.2, 0.25) is 5.02 Å². The van der Waals surface area contributed by atoms with Crippen LogP contribution in [0.4, 0.5) is 32.2 Å². The van der Waals surface area contributed by atoms with Crippen LogP contribution in [0.1, 0.15) is 58.7 Å². The van der Waals surface area contributed by atoms with Crippen LogP contribution >= 0.6 is 27.5 Å². The number of methoxy groups -OCH3 is 1. The van der Waals surface area contributed by atoms with Crippen LogP contribution in [0.5, 0.6) is 5.75 Å². The standard InChI is InChI=1S/C43H34BrClF6N8O5S/c1-56-37-32(11-10-29(45)35(37)41(55-56)58(65(3,62)63)18-20-4-7-25(64-2)8-5-20)59-40(53-30-15-22(44)6-9-26(30)42(59)61)31(14-21-12-23(46)16-24(47)13-21)52-33(60)19-57-38-34(36(54-57)39(48)49)27-17-28(27)43(38,50)51/h4-13,15-16,27-28,31,39H,14,17-19H2,1-3H3,(H,52,60)/t27-,28+,31-/m0/s1. The summed E-state index contributed by atoms with van der Waals surface area (Å²) < 4.78 is 126. The highest BCUT2D eigenvalue weighted by molar-refractivity contribution is 9.10. The van der Waals surface area contributed by atoms with E-state index in [1.807, 2.05) is 0 Å². The van der Waals surface area contributed by atoms with E-state index in [2.05, 4.69) is 31.4 Å². The predicted octanol–water partition coefficient (Wildman–Crippen LogP) is 8.38. The molecular weight excluding hydrogens is 970 g/mol. The number of aryl methyl sites for hydroxylation is 1. The summed E-state index contributed by atoms with van der Waals surface area (Å²) in [6.45, 7) is -1.18. The van der Waals surface area contributed by atoms with Crippen molar-refractivity contribution in [3.63, 3.8) is 0 Å². The molecule has 4 aromatic carbocycles. The van der Waals surface area contributed by atoms with E-state index in [9.17, 15) is 35.6 Å². The zero-order chi connectivity index (χ0) is 46.4. The Balaban J connectivity index is 1.22. The van der Waals surface area contributed by atoms with E-state index in [4.69, 9.17) is 21.3 Å². The summed E-state index contributed by atoms with van der Waals surface area (Å²) in [6, 6.07) is 15.2. The molecule has 2 aliphatic carbocycles. The number of benzene rings is 4. The summed E-state index contributed by atoms with van der Waals surface area (Å²) in [6.07, 6.45) is -2.68. The molecule has 9 rings (SSSR count). The number of sulfonamides is 1. The minimum Gasteiger partial charge on any atom is -0.497 e. The number of carbonyl (C=O) groups is 1. The molecule has 3 heterocycles. The van der Waals surface area contributed by atoms with Crippen molar-refractivity contribution in [1.82, 2.24) is 34.4 Å². The van der Waals surface area contributed by atoms with Gasteiger partial charge in [0.25, 0.3) is 17.9 Å². The lowest BCUT2D eigenvalue weighted by molar-refractivity contribution is -0.123. The molecule has 1 saturated carbocycles. The van der Waals surface area contributed by atoms with Crippen molar-refractivity contribution in [2.45, 2.75) is 50.2 Å². The second-order valence-corrected chi connectivity index (χ2v) is 19.1. The molecule has 2 aliphatic rings. The van der Waals surface area contributed by atoms with Gasteiger partial charge >= 0.3 is 0 Å². The molecule has 7 aromatic rings. The van der Waals surface area contributed by atoms with Gasteiger partial charge in [-0.05, 0) is 78.1 Å². The van der Waals surface area contributed by atoms with E-state index in [-0.39, 0.29) is 68.3 Å². The summed E-state index contributed by atoms with van der Waals surface area (Å²) in [7, 11) is -1.11. The van der Waals surface area contributed by atoms with Crippen LogP contribution in [0.15, 0.2) is 82.1 Å². The Morgan fingerprint density at radius 3 is 2.40 bits per heavy atom. The number of fused-ring (bicyclic) bond motifs is 5. The first kappa shape index (κ1) is 44.3. The van der Waals surface area contributed by atoms with Gasteiger partial charge < -0.3 is 10.1 Å². The first-order valence-corrected chi connectivity index (χ1v) is 22.8. The van der Waals surface area contributed by atoms with Crippen LogP contribution in [-0.2, 0) is 47.3 Å². The molecule has 65 heavy (non-hydrogen) atoms. The fourth-order valence-electron chi connectivity index (χ4n) is 8.71. The van der Waals surface area contributed by atoms with Crippen LogP contribution in [0.25, 0.3) is 27.5 Å². The van der Waals surface area contributed by atoms with Gasteiger partial charge in [-0.2, -0.15) is 19.0 Å². The largest absolute Gasteiger partial charge is 0.497 e. The van der Waals surface area contributed by atoms with Crippen molar-refractivity contribution in [3.8, 4) is 11.4 Å². The molecule has 0 spiro atoms. The molecule has 0 unspecified atom stereocenters. The van der Waals surface area contributed by atoms with Crippen molar-refractivity contribution < 1.29 is 44.3 Å². The van der Waals surface area contributed by atoms with E-state index in [1.54, 1.807) is 30.3 Å². The van der Waals surface area contributed by atoms with Gasteiger partial charge in [-0.3, -0.25) is 23.5 Å². The molecular formula is C43H34BrClF6N8O5S. The molecule has 3 aromatic heterocycles. The average Bonchev–Trinajstić information content (AvgIpc) is 3.76. The third-order valence-corrected chi connectivity index (χ3v) is 13.5. The molecule has 0 aliphatic heterocycles. The maximum atomic E-state index is 15.5. The number of rotatable bonds is 13. The topological polar surface area (TPSA) is 146 Å². The summed E-state index contributed by atoms with van der Waals surface area (Å²) in [5, 5.41) is 11.2. The molecule has 0 saturated heterocycles. The third kappa shape index (κ3) is 7.89. The first-order valence-electron chi connectivity index (χ1n) is 19.7. The first-order chi connectivity index (χ1) is 30.7. The summed E-state index contributed by atoms with van der Waals surface area (Å²) in [4.78, 5) is 33.9. The molecule has 0 radical (unpaired) electrons. The number of halogens is 8. The number of nitrogens with one attached hydrogen (secondary N) is 1. The van der Waals surface area contributed by atoms with Crippen molar-refractivity contribution in [1.29, 1.82) is 0 Å². The molecule has 1 fully saturated rings. The van der Waals surface area contributed by atoms with Crippen molar-refractivity contribution in [2.24, 2.45) is 13.0 Å². The van der Waals surface area contributed by atoms with E-state index in [0.29, 0.717) is 26.5 Å². The van der Waals surface area contributed by atoms with Gasteiger partial charge in [-0.15, -0.1) is 0 Å². The normalized spacial score (nSPS) is 16.8. The molecule has 1 N–H and O–H groups in total. The number of anilines is 1. The number of ether oxygens (including phenoxy) is 1. The second-order valence-electron chi connectivity index (χ2n) is 15.9. The molecule has 1 amide bonds. The SMILES string of the molecule is COc1ccc(CN(c2nn(C)c3c(-n4c([C@H](Cc5cc(F)cc(F)c5)NC(=O)Cn5nc(C(F)F)c6c5C(F)(F)[C@@H]5C[C@H]65)nc5cc(Br)ccc5c4=O)ccc(Cl)c23)S(C)(=O)=O)cc1. The Morgan fingerprint density at radius 1 is 1.03 bits per heavy atom. The van der Waals surface area contributed by atoms with E-state index < -0.39 is 87.7 Å². The van der Waals surface area contributed by atoms with Gasteiger partial charge in [0, 0.05) is 35.5 Å². The number of alkyl halides is 4. The lowest BCUT2D eigenvalue weighted by Crippen LogP contribution is -2.38. The van der Waals surface area contributed by atoms with Gasteiger partial charge in [0.05, 0.1) is 58.5 Å². The summed E-state index contributed by atoms with van der Waals surface area (Å²) >= 11 is 10.2. The molecule has 13 nitrogen and oxygen atoms in total. The number of nitrogens with zero attached hydrogens (tertiary/aromatic N) is 7.